The fourth-order valence-corrected chi connectivity index (χ4v) is 1.91. The number of halogens is 1. The SMILES string of the molecule is CNC(CCc1ccc(Cl)cc1)C(C)C. The number of nitrogens with one attached hydrogen (secondary N) is 1. The van der Waals surface area contributed by atoms with Crippen molar-refractivity contribution in [2.75, 3.05) is 7.05 Å². The fraction of sp³-hybridized carbons (Fsp3) is 0.538. The van der Waals surface area contributed by atoms with Crippen LogP contribution in [-0.4, -0.2) is 13.1 Å². The molecule has 0 aliphatic carbocycles. The molecule has 0 aliphatic rings. The third-order valence-electron chi connectivity index (χ3n) is 2.83. The van der Waals surface area contributed by atoms with Gasteiger partial charge < -0.3 is 5.32 Å². The molecule has 84 valence electrons. The van der Waals surface area contributed by atoms with Crippen molar-refractivity contribution in [1.82, 2.24) is 5.32 Å². The maximum atomic E-state index is 5.84. The van der Waals surface area contributed by atoms with Crippen LogP contribution in [0.25, 0.3) is 0 Å². The molecular weight excluding hydrogens is 206 g/mol. The van der Waals surface area contributed by atoms with Crippen LogP contribution in [0.1, 0.15) is 25.8 Å². The molecule has 1 nitrogen and oxygen atoms in total. The number of hydrogen-bond donors (Lipinski definition) is 1. The average molecular weight is 226 g/mol. The highest BCUT2D eigenvalue weighted by Gasteiger charge is 2.10. The zero-order valence-electron chi connectivity index (χ0n) is 9.76. The van der Waals surface area contributed by atoms with Gasteiger partial charge in [-0.05, 0) is 43.5 Å². The third-order valence-corrected chi connectivity index (χ3v) is 3.08. The molecule has 1 aromatic rings. The van der Waals surface area contributed by atoms with E-state index in [4.69, 9.17) is 11.6 Å². The number of aryl methyl sites for hydroxylation is 1. The minimum absolute atomic E-state index is 0.598. The molecule has 1 rings (SSSR count). The molecule has 1 unspecified atom stereocenters. The van der Waals surface area contributed by atoms with E-state index in [1.165, 1.54) is 12.0 Å². The van der Waals surface area contributed by atoms with Crippen molar-refractivity contribution in [2.24, 2.45) is 5.92 Å². The van der Waals surface area contributed by atoms with Crippen LogP contribution in [0.5, 0.6) is 0 Å². The molecule has 0 aromatic heterocycles. The molecule has 0 aliphatic heterocycles. The predicted molar refractivity (Wildman–Crippen MR) is 67.5 cm³/mol. The monoisotopic (exact) mass is 225 g/mol. The molecular formula is C13H20ClN. The molecule has 1 atom stereocenters. The maximum Gasteiger partial charge on any atom is 0.0406 e. The van der Waals surface area contributed by atoms with E-state index in [1.807, 2.05) is 19.2 Å². The molecule has 0 fully saturated rings. The maximum absolute atomic E-state index is 5.84. The van der Waals surface area contributed by atoms with Crippen LogP contribution in [0.2, 0.25) is 5.02 Å². The van der Waals surface area contributed by atoms with Gasteiger partial charge in [-0.15, -0.1) is 0 Å². The predicted octanol–water partition coefficient (Wildman–Crippen LogP) is 3.52. The van der Waals surface area contributed by atoms with Crippen LogP contribution in [0.4, 0.5) is 0 Å². The van der Waals surface area contributed by atoms with E-state index in [1.54, 1.807) is 0 Å². The van der Waals surface area contributed by atoms with E-state index in [2.05, 4.69) is 31.3 Å². The minimum Gasteiger partial charge on any atom is -0.317 e. The van der Waals surface area contributed by atoms with E-state index >= 15 is 0 Å². The molecule has 2 heteroatoms. The van der Waals surface area contributed by atoms with Gasteiger partial charge in [-0.1, -0.05) is 37.6 Å². The lowest BCUT2D eigenvalue weighted by Gasteiger charge is -2.19. The van der Waals surface area contributed by atoms with Crippen molar-refractivity contribution < 1.29 is 0 Å². The normalized spacial score (nSPS) is 13.1. The summed E-state index contributed by atoms with van der Waals surface area (Å²) < 4.78 is 0. The van der Waals surface area contributed by atoms with Gasteiger partial charge in [-0.2, -0.15) is 0 Å². The van der Waals surface area contributed by atoms with Gasteiger partial charge in [0, 0.05) is 11.1 Å². The van der Waals surface area contributed by atoms with Crippen LogP contribution < -0.4 is 5.32 Å². The Labute approximate surface area is 97.8 Å². The van der Waals surface area contributed by atoms with Crippen molar-refractivity contribution >= 4 is 11.6 Å². The van der Waals surface area contributed by atoms with Crippen molar-refractivity contribution in [2.45, 2.75) is 32.7 Å². The van der Waals surface area contributed by atoms with Gasteiger partial charge in [-0.3, -0.25) is 0 Å². The van der Waals surface area contributed by atoms with Crippen LogP contribution >= 0.6 is 11.6 Å². The smallest absolute Gasteiger partial charge is 0.0406 e. The van der Waals surface area contributed by atoms with Crippen LogP contribution in [0.3, 0.4) is 0 Å². The zero-order chi connectivity index (χ0) is 11.3. The van der Waals surface area contributed by atoms with E-state index in [-0.39, 0.29) is 0 Å². The van der Waals surface area contributed by atoms with Gasteiger partial charge in [0.05, 0.1) is 0 Å². The Morgan fingerprint density at radius 2 is 1.80 bits per heavy atom. The first kappa shape index (κ1) is 12.5. The standard InChI is InChI=1S/C13H20ClN/c1-10(2)13(15-3)9-6-11-4-7-12(14)8-5-11/h4-5,7-8,10,13,15H,6,9H2,1-3H3. The van der Waals surface area contributed by atoms with Gasteiger partial charge in [0.1, 0.15) is 0 Å². The second-order valence-electron chi connectivity index (χ2n) is 4.30. The Bertz CT molecular complexity index is 279. The number of benzene rings is 1. The van der Waals surface area contributed by atoms with E-state index in [0.717, 1.165) is 11.4 Å². The van der Waals surface area contributed by atoms with Gasteiger partial charge in [0.15, 0.2) is 0 Å². The lowest BCUT2D eigenvalue weighted by Crippen LogP contribution is -2.30. The van der Waals surface area contributed by atoms with E-state index in [9.17, 15) is 0 Å². The Morgan fingerprint density at radius 1 is 1.20 bits per heavy atom. The lowest BCUT2D eigenvalue weighted by molar-refractivity contribution is 0.403. The third kappa shape index (κ3) is 4.23. The molecule has 0 amide bonds. The first-order chi connectivity index (χ1) is 7.13. The highest BCUT2D eigenvalue weighted by atomic mass is 35.5. The van der Waals surface area contributed by atoms with Crippen molar-refractivity contribution in [3.05, 3.63) is 34.9 Å². The second kappa shape index (κ2) is 6.14. The summed E-state index contributed by atoms with van der Waals surface area (Å²) in [6.07, 6.45) is 2.29. The van der Waals surface area contributed by atoms with E-state index < -0.39 is 0 Å². The summed E-state index contributed by atoms with van der Waals surface area (Å²) in [7, 11) is 2.03. The number of rotatable bonds is 5. The summed E-state index contributed by atoms with van der Waals surface area (Å²) in [5.41, 5.74) is 1.36. The van der Waals surface area contributed by atoms with Crippen LogP contribution in [-0.2, 0) is 6.42 Å². The zero-order valence-corrected chi connectivity index (χ0v) is 10.5. The van der Waals surface area contributed by atoms with Gasteiger partial charge in [0.2, 0.25) is 0 Å². The molecule has 0 radical (unpaired) electrons. The summed E-state index contributed by atoms with van der Waals surface area (Å²) in [5.74, 6) is 0.683. The summed E-state index contributed by atoms with van der Waals surface area (Å²) in [6, 6.07) is 8.73. The first-order valence-electron chi connectivity index (χ1n) is 5.55. The minimum atomic E-state index is 0.598. The van der Waals surface area contributed by atoms with Crippen LogP contribution in [0.15, 0.2) is 24.3 Å². The summed E-state index contributed by atoms with van der Waals surface area (Å²) in [6.45, 7) is 4.51. The Hall–Kier alpha value is -0.530. The molecule has 15 heavy (non-hydrogen) atoms. The van der Waals surface area contributed by atoms with Gasteiger partial charge >= 0.3 is 0 Å². The molecule has 0 spiro atoms. The van der Waals surface area contributed by atoms with Crippen molar-refractivity contribution in [3.63, 3.8) is 0 Å². The van der Waals surface area contributed by atoms with Crippen molar-refractivity contribution in [1.29, 1.82) is 0 Å². The molecule has 1 aromatic carbocycles. The second-order valence-corrected chi connectivity index (χ2v) is 4.74. The lowest BCUT2D eigenvalue weighted by atomic mass is 9.97. The van der Waals surface area contributed by atoms with Crippen molar-refractivity contribution in [3.8, 4) is 0 Å². The molecule has 0 bridgehead atoms. The fourth-order valence-electron chi connectivity index (χ4n) is 1.78. The van der Waals surface area contributed by atoms with E-state index in [0.29, 0.717) is 12.0 Å². The first-order valence-corrected chi connectivity index (χ1v) is 5.93. The van der Waals surface area contributed by atoms with Gasteiger partial charge in [-0.25, -0.2) is 0 Å². The Morgan fingerprint density at radius 3 is 2.27 bits per heavy atom. The van der Waals surface area contributed by atoms with Gasteiger partial charge in [0.25, 0.3) is 0 Å². The molecule has 0 heterocycles. The molecule has 0 saturated heterocycles. The molecule has 0 saturated carbocycles. The Kier molecular flexibility index (Phi) is 5.13. The topological polar surface area (TPSA) is 12.0 Å². The highest BCUT2D eigenvalue weighted by molar-refractivity contribution is 6.30. The summed E-state index contributed by atoms with van der Waals surface area (Å²) in [4.78, 5) is 0. The highest BCUT2D eigenvalue weighted by Crippen LogP contribution is 2.13. The quantitative estimate of drug-likeness (QED) is 0.809. The Balaban J connectivity index is 2.45. The summed E-state index contributed by atoms with van der Waals surface area (Å²) >= 11 is 5.84. The molecule has 1 N–H and O–H groups in total. The van der Waals surface area contributed by atoms with Crippen LogP contribution in [0, 0.1) is 5.92 Å². The summed E-state index contributed by atoms with van der Waals surface area (Å²) in [5, 5.41) is 4.17. The average Bonchev–Trinajstić information content (AvgIpc) is 2.21. The largest absolute Gasteiger partial charge is 0.317 e. The number of hydrogen-bond acceptors (Lipinski definition) is 1.